The van der Waals surface area contributed by atoms with Crippen LogP contribution in [0.3, 0.4) is 0 Å². The van der Waals surface area contributed by atoms with Crippen molar-refractivity contribution >= 4 is 39.1 Å². The molecule has 1 aliphatic heterocycles. The van der Waals surface area contributed by atoms with Crippen molar-refractivity contribution < 1.29 is 9.13 Å². The molecule has 4 heterocycles. The summed E-state index contributed by atoms with van der Waals surface area (Å²) in [5, 5.41) is 7.04. The Morgan fingerprint density at radius 1 is 1.03 bits per heavy atom. The van der Waals surface area contributed by atoms with Crippen molar-refractivity contribution in [3.63, 3.8) is 0 Å². The van der Waals surface area contributed by atoms with E-state index in [1.807, 2.05) is 48.7 Å². The summed E-state index contributed by atoms with van der Waals surface area (Å²) >= 11 is 6.56. The number of aromatic nitrogens is 5. The third kappa shape index (κ3) is 4.13. The lowest BCUT2D eigenvalue weighted by Gasteiger charge is -2.33. The van der Waals surface area contributed by atoms with Gasteiger partial charge in [0, 0.05) is 47.7 Å². The van der Waals surface area contributed by atoms with Crippen molar-refractivity contribution in [3.05, 3.63) is 71.9 Å². The first-order valence-electron chi connectivity index (χ1n) is 13.0. The first kappa shape index (κ1) is 23.3. The first-order valence-corrected chi connectivity index (χ1v) is 13.4. The molecule has 2 bridgehead atoms. The highest BCUT2D eigenvalue weighted by Gasteiger charge is 2.34. The third-order valence-corrected chi connectivity index (χ3v) is 8.08. The molecule has 1 saturated heterocycles. The van der Waals surface area contributed by atoms with Crippen molar-refractivity contribution in [1.29, 1.82) is 0 Å². The molecule has 0 spiro atoms. The monoisotopic (exact) mass is 528 g/mol. The highest BCUT2D eigenvalue weighted by Crippen LogP contribution is 2.41. The van der Waals surface area contributed by atoms with E-state index in [9.17, 15) is 0 Å². The van der Waals surface area contributed by atoms with Crippen LogP contribution in [0.1, 0.15) is 19.3 Å². The summed E-state index contributed by atoms with van der Waals surface area (Å²) in [5.74, 6) is 1.46. The van der Waals surface area contributed by atoms with Crippen LogP contribution in [-0.2, 0) is 6.54 Å². The highest BCUT2D eigenvalue weighted by molar-refractivity contribution is 6.36. The summed E-state index contributed by atoms with van der Waals surface area (Å²) in [4.78, 5) is 16.2. The van der Waals surface area contributed by atoms with Gasteiger partial charge in [-0.15, -0.1) is 0 Å². The summed E-state index contributed by atoms with van der Waals surface area (Å²) in [6.07, 6.45) is 9.01. The minimum atomic E-state index is -0.504. The van der Waals surface area contributed by atoms with Crippen molar-refractivity contribution in [2.45, 2.75) is 25.8 Å². The fraction of sp³-hybridized carbons (Fsp3) is 0.310. The molecular weight excluding hydrogens is 503 g/mol. The Hall–Kier alpha value is -3.78. The zero-order chi connectivity index (χ0) is 25.6. The van der Waals surface area contributed by atoms with Crippen LogP contribution >= 0.6 is 11.6 Å². The van der Waals surface area contributed by atoms with E-state index in [-0.39, 0.29) is 17.2 Å². The summed E-state index contributed by atoms with van der Waals surface area (Å²) in [6, 6.07) is 13.4. The fourth-order valence-electron chi connectivity index (χ4n) is 6.05. The van der Waals surface area contributed by atoms with Gasteiger partial charge in [-0.3, -0.25) is 9.67 Å². The van der Waals surface area contributed by atoms with E-state index in [0.717, 1.165) is 23.9 Å². The maximum atomic E-state index is 16.4. The van der Waals surface area contributed by atoms with Crippen LogP contribution in [-0.4, -0.2) is 44.4 Å². The number of ether oxygens (including phenoxy) is 1. The van der Waals surface area contributed by atoms with Gasteiger partial charge in [-0.1, -0.05) is 41.9 Å². The van der Waals surface area contributed by atoms with Gasteiger partial charge in [0.05, 0.1) is 11.9 Å². The van der Waals surface area contributed by atoms with Gasteiger partial charge in [-0.25, -0.2) is 4.39 Å². The second-order valence-corrected chi connectivity index (χ2v) is 10.6. The molecule has 2 unspecified atom stereocenters. The average Bonchev–Trinajstić information content (AvgIpc) is 3.57. The molecule has 1 aliphatic carbocycles. The van der Waals surface area contributed by atoms with Gasteiger partial charge in [0.2, 0.25) is 0 Å². The predicted molar refractivity (Wildman–Crippen MR) is 146 cm³/mol. The number of fused-ring (bicyclic) bond motifs is 4. The zero-order valence-corrected chi connectivity index (χ0v) is 21.5. The standard InChI is InChI=1S/C29H26ClFN6O/c30-23-7-2-5-20-4-1-6-21(24(20)23)26-25(31)27-22(15-32-26)28(36-16-18-8-9-19(14-18)17-36)35-29(34-27)38-13-12-37-11-3-10-33-37/h1-7,10-11,15,18-19H,8-9,12-14,16-17H2. The molecule has 5 aromatic rings. The van der Waals surface area contributed by atoms with E-state index in [1.165, 1.54) is 19.3 Å². The van der Waals surface area contributed by atoms with Crippen LogP contribution in [0.2, 0.25) is 5.02 Å². The Labute approximate surface area is 224 Å². The van der Waals surface area contributed by atoms with E-state index in [1.54, 1.807) is 17.1 Å². The molecule has 7 nitrogen and oxygen atoms in total. The lowest BCUT2D eigenvalue weighted by molar-refractivity contribution is 0.270. The SMILES string of the molecule is Fc1c(-c2cccc3cccc(Cl)c23)ncc2c(N3CC4CCC(C4)C3)nc(OCCn3cccn3)nc12. The summed E-state index contributed by atoms with van der Waals surface area (Å²) in [6.45, 7) is 2.65. The number of hydrogen-bond acceptors (Lipinski definition) is 6. The van der Waals surface area contributed by atoms with Gasteiger partial charge in [-0.2, -0.15) is 15.1 Å². The van der Waals surface area contributed by atoms with Crippen LogP contribution in [0.4, 0.5) is 10.2 Å². The molecule has 7 rings (SSSR count). The molecule has 38 heavy (non-hydrogen) atoms. The molecule has 2 aromatic carbocycles. The first-order chi connectivity index (χ1) is 18.6. The Kier molecular flexibility index (Phi) is 5.84. The molecule has 1 saturated carbocycles. The van der Waals surface area contributed by atoms with E-state index < -0.39 is 5.82 Å². The van der Waals surface area contributed by atoms with E-state index >= 15 is 4.39 Å². The Balaban J connectivity index is 1.34. The topological polar surface area (TPSA) is 69.0 Å². The number of piperidine rings is 1. The average molecular weight is 529 g/mol. The summed E-state index contributed by atoms with van der Waals surface area (Å²) < 4.78 is 24.1. The van der Waals surface area contributed by atoms with Crippen molar-refractivity contribution in [2.75, 3.05) is 24.6 Å². The molecule has 0 radical (unpaired) electrons. The lowest BCUT2D eigenvalue weighted by atomic mass is 9.98. The number of benzene rings is 2. The van der Waals surface area contributed by atoms with Crippen molar-refractivity contribution in [1.82, 2.24) is 24.7 Å². The number of rotatable bonds is 6. The van der Waals surface area contributed by atoms with Crippen LogP contribution in [0.15, 0.2) is 61.1 Å². The minimum Gasteiger partial charge on any atom is -0.461 e. The smallest absolute Gasteiger partial charge is 0.319 e. The second-order valence-electron chi connectivity index (χ2n) is 10.2. The maximum absolute atomic E-state index is 16.4. The molecule has 2 aliphatic rings. The van der Waals surface area contributed by atoms with Crippen LogP contribution in [0.25, 0.3) is 32.9 Å². The van der Waals surface area contributed by atoms with Gasteiger partial charge < -0.3 is 9.64 Å². The maximum Gasteiger partial charge on any atom is 0.319 e. The summed E-state index contributed by atoms with van der Waals surface area (Å²) in [7, 11) is 0. The molecule has 192 valence electrons. The molecular formula is C29H26ClFN6O. The third-order valence-electron chi connectivity index (χ3n) is 7.77. The predicted octanol–water partition coefficient (Wildman–Crippen LogP) is 6.15. The molecule has 2 atom stereocenters. The quantitative estimate of drug-likeness (QED) is 0.263. The second kappa shape index (κ2) is 9.51. The molecule has 2 fully saturated rings. The van der Waals surface area contributed by atoms with Crippen LogP contribution < -0.4 is 9.64 Å². The van der Waals surface area contributed by atoms with Crippen molar-refractivity contribution in [3.8, 4) is 17.3 Å². The van der Waals surface area contributed by atoms with E-state index in [4.69, 9.17) is 21.3 Å². The zero-order valence-electron chi connectivity index (χ0n) is 20.7. The molecule has 3 aromatic heterocycles. The Morgan fingerprint density at radius 3 is 2.63 bits per heavy atom. The molecule has 0 amide bonds. The van der Waals surface area contributed by atoms with Crippen molar-refractivity contribution in [2.24, 2.45) is 11.8 Å². The normalized spacial score (nSPS) is 18.9. The van der Waals surface area contributed by atoms with Gasteiger partial charge in [0.1, 0.15) is 23.6 Å². The fourth-order valence-corrected chi connectivity index (χ4v) is 6.34. The van der Waals surface area contributed by atoms with E-state index in [2.05, 4.69) is 20.0 Å². The van der Waals surface area contributed by atoms with Crippen LogP contribution in [0.5, 0.6) is 6.01 Å². The summed E-state index contributed by atoms with van der Waals surface area (Å²) in [5.41, 5.74) is 1.04. The minimum absolute atomic E-state index is 0.157. The Bertz CT molecular complexity index is 1620. The van der Waals surface area contributed by atoms with Gasteiger partial charge >= 0.3 is 6.01 Å². The van der Waals surface area contributed by atoms with E-state index in [0.29, 0.717) is 46.8 Å². The number of nitrogens with zero attached hydrogens (tertiary/aromatic N) is 6. The van der Waals surface area contributed by atoms with Gasteiger partial charge in [0.25, 0.3) is 0 Å². The Morgan fingerprint density at radius 2 is 1.84 bits per heavy atom. The van der Waals surface area contributed by atoms with Crippen LogP contribution in [0, 0.1) is 17.7 Å². The number of hydrogen-bond donors (Lipinski definition) is 0. The molecule has 0 N–H and O–H groups in total. The number of halogens is 2. The van der Waals surface area contributed by atoms with Gasteiger partial charge in [-0.05, 0) is 48.6 Å². The largest absolute Gasteiger partial charge is 0.461 e. The molecule has 9 heteroatoms. The number of anilines is 1. The lowest BCUT2D eigenvalue weighted by Crippen LogP contribution is -2.37. The van der Waals surface area contributed by atoms with Gasteiger partial charge in [0.15, 0.2) is 5.82 Å². The number of pyridine rings is 1. The highest BCUT2D eigenvalue weighted by atomic mass is 35.5.